The molecule has 4 aromatic carbocycles. The molecule has 0 unspecified atom stereocenters. The van der Waals surface area contributed by atoms with E-state index in [1.807, 2.05) is 48.5 Å². The van der Waals surface area contributed by atoms with E-state index >= 15 is 0 Å². The summed E-state index contributed by atoms with van der Waals surface area (Å²) in [5, 5.41) is 37.3. The van der Waals surface area contributed by atoms with E-state index < -0.39 is 0 Å². The largest absolute Gasteiger partial charge is 0.508 e. The highest BCUT2D eigenvalue weighted by Gasteiger charge is 2.08. The molecule has 0 saturated heterocycles. The monoisotopic (exact) mass is 480 g/mol. The molecule has 0 atom stereocenters. The molecule has 0 heterocycles. The Balaban J connectivity index is 0.000000201. The molecule has 4 N–H and O–H groups in total. The molecule has 0 radical (unpaired) electrons. The number of aromatic hydroxyl groups is 4. The molecule has 4 aromatic rings. The van der Waals surface area contributed by atoms with E-state index in [4.69, 9.17) is 0 Å². The van der Waals surface area contributed by atoms with Crippen LogP contribution in [0.1, 0.15) is 49.9 Å². The first kappa shape index (κ1) is 26.2. The van der Waals surface area contributed by atoms with Gasteiger partial charge in [0.25, 0.3) is 0 Å². The van der Waals surface area contributed by atoms with E-state index in [2.05, 4.69) is 27.7 Å². The van der Waals surface area contributed by atoms with Gasteiger partial charge in [0.2, 0.25) is 0 Å². The van der Waals surface area contributed by atoms with Crippen LogP contribution in [0.3, 0.4) is 0 Å². The van der Waals surface area contributed by atoms with Crippen LogP contribution in [0.25, 0.3) is 11.1 Å². The van der Waals surface area contributed by atoms with Crippen molar-refractivity contribution < 1.29 is 20.4 Å². The van der Waals surface area contributed by atoms with Gasteiger partial charge in [0.05, 0.1) is 0 Å². The normalized spacial score (nSPS) is 10.1. The van der Waals surface area contributed by atoms with Gasteiger partial charge < -0.3 is 20.4 Å². The Bertz CT molecular complexity index is 1130. The fourth-order valence-corrected chi connectivity index (χ4v) is 4.00. The number of hydrogen-bond acceptors (Lipinski definition) is 4. The molecule has 0 bridgehead atoms. The molecular weight excluding hydrogens is 448 g/mol. The molecule has 4 nitrogen and oxygen atoms in total. The van der Waals surface area contributed by atoms with Crippen molar-refractivity contribution in [1.29, 1.82) is 0 Å². The van der Waals surface area contributed by atoms with Crippen LogP contribution in [0, 0.1) is 0 Å². The quantitative estimate of drug-likeness (QED) is 0.239. The van der Waals surface area contributed by atoms with E-state index in [-0.39, 0.29) is 23.0 Å². The SMILES string of the molecule is CC(C)=C(c1ccc(O)cc1)c1ccc(O)cc1.CC(C)=C(c1ccc(O)cc1)c1ccc(O)cc1. The highest BCUT2D eigenvalue weighted by molar-refractivity contribution is 5.82. The summed E-state index contributed by atoms with van der Waals surface area (Å²) in [7, 11) is 0. The summed E-state index contributed by atoms with van der Waals surface area (Å²) in [5.41, 5.74) is 8.83. The van der Waals surface area contributed by atoms with Gasteiger partial charge in [-0.1, -0.05) is 59.7 Å². The minimum Gasteiger partial charge on any atom is -0.508 e. The third-order valence-corrected chi connectivity index (χ3v) is 5.62. The van der Waals surface area contributed by atoms with E-state index in [1.54, 1.807) is 48.5 Å². The van der Waals surface area contributed by atoms with Gasteiger partial charge >= 0.3 is 0 Å². The second kappa shape index (κ2) is 11.8. The first-order valence-electron chi connectivity index (χ1n) is 11.7. The van der Waals surface area contributed by atoms with Crippen LogP contribution in [0.4, 0.5) is 0 Å². The van der Waals surface area contributed by atoms with Gasteiger partial charge in [-0.3, -0.25) is 0 Å². The average molecular weight is 481 g/mol. The molecule has 184 valence electrons. The number of phenolic OH excluding ortho intramolecular Hbond substituents is 4. The van der Waals surface area contributed by atoms with Crippen LogP contribution < -0.4 is 0 Å². The van der Waals surface area contributed by atoms with Crippen LogP contribution in [0.5, 0.6) is 23.0 Å². The van der Waals surface area contributed by atoms with Gasteiger partial charge in [-0.15, -0.1) is 0 Å². The maximum atomic E-state index is 9.33. The summed E-state index contributed by atoms with van der Waals surface area (Å²) in [5.74, 6) is 1.05. The maximum absolute atomic E-state index is 9.33. The fraction of sp³-hybridized carbons (Fsp3) is 0.125. The molecule has 0 fully saturated rings. The Hall–Kier alpha value is -4.44. The molecule has 0 spiro atoms. The van der Waals surface area contributed by atoms with Crippen molar-refractivity contribution in [2.75, 3.05) is 0 Å². The van der Waals surface area contributed by atoms with Crippen molar-refractivity contribution in [2.45, 2.75) is 27.7 Å². The molecule has 0 aliphatic heterocycles. The van der Waals surface area contributed by atoms with Crippen LogP contribution in [0.2, 0.25) is 0 Å². The summed E-state index contributed by atoms with van der Waals surface area (Å²) in [4.78, 5) is 0. The molecule has 0 saturated carbocycles. The first-order valence-corrected chi connectivity index (χ1v) is 11.7. The fourth-order valence-electron chi connectivity index (χ4n) is 4.00. The van der Waals surface area contributed by atoms with Crippen LogP contribution in [0.15, 0.2) is 108 Å². The van der Waals surface area contributed by atoms with E-state index in [1.165, 1.54) is 11.1 Å². The molecule has 0 amide bonds. The number of hydrogen-bond donors (Lipinski definition) is 4. The minimum atomic E-state index is 0.262. The van der Waals surface area contributed by atoms with E-state index in [0.717, 1.165) is 33.4 Å². The Kier molecular flexibility index (Phi) is 8.58. The highest BCUT2D eigenvalue weighted by atomic mass is 16.3. The van der Waals surface area contributed by atoms with Gasteiger partial charge in [0.15, 0.2) is 0 Å². The zero-order valence-electron chi connectivity index (χ0n) is 21.0. The highest BCUT2D eigenvalue weighted by Crippen LogP contribution is 2.30. The Morgan fingerprint density at radius 2 is 0.500 bits per heavy atom. The predicted octanol–water partition coefficient (Wildman–Crippen LogP) is 7.88. The van der Waals surface area contributed by atoms with Gasteiger partial charge in [-0.05, 0) is 110 Å². The number of rotatable bonds is 4. The van der Waals surface area contributed by atoms with Crippen molar-refractivity contribution in [1.82, 2.24) is 0 Å². The Morgan fingerprint density at radius 1 is 0.333 bits per heavy atom. The summed E-state index contributed by atoms with van der Waals surface area (Å²) in [6.07, 6.45) is 0. The molecule has 4 heteroatoms. The summed E-state index contributed by atoms with van der Waals surface area (Å²) in [6, 6.07) is 28.6. The van der Waals surface area contributed by atoms with E-state index in [0.29, 0.717) is 0 Å². The molecule has 0 aromatic heterocycles. The second-order valence-electron chi connectivity index (χ2n) is 8.94. The van der Waals surface area contributed by atoms with Crippen LogP contribution >= 0.6 is 0 Å². The standard InChI is InChI=1S/2C16H16O2/c2*1-11(2)16(12-3-7-14(17)8-4-12)13-5-9-15(18)10-6-13/h2*3-10,17-18H,1-2H3. The molecule has 0 aliphatic carbocycles. The zero-order valence-corrected chi connectivity index (χ0v) is 21.0. The van der Waals surface area contributed by atoms with Gasteiger partial charge in [0, 0.05) is 0 Å². The van der Waals surface area contributed by atoms with Crippen LogP contribution in [-0.4, -0.2) is 20.4 Å². The van der Waals surface area contributed by atoms with Crippen molar-refractivity contribution in [3.8, 4) is 23.0 Å². The number of phenols is 4. The molecule has 36 heavy (non-hydrogen) atoms. The Morgan fingerprint density at radius 3 is 0.639 bits per heavy atom. The lowest BCUT2D eigenvalue weighted by atomic mass is 9.94. The lowest BCUT2D eigenvalue weighted by Crippen LogP contribution is -1.90. The predicted molar refractivity (Wildman–Crippen MR) is 147 cm³/mol. The number of allylic oxidation sites excluding steroid dienone is 2. The third kappa shape index (κ3) is 6.80. The zero-order chi connectivity index (χ0) is 26.2. The minimum absolute atomic E-state index is 0.262. The smallest absolute Gasteiger partial charge is 0.115 e. The average Bonchev–Trinajstić information content (AvgIpc) is 2.84. The van der Waals surface area contributed by atoms with Gasteiger partial charge in [-0.2, -0.15) is 0 Å². The summed E-state index contributed by atoms with van der Waals surface area (Å²) in [6.45, 7) is 8.20. The van der Waals surface area contributed by atoms with Crippen molar-refractivity contribution in [2.24, 2.45) is 0 Å². The first-order chi connectivity index (χ1) is 17.2. The lowest BCUT2D eigenvalue weighted by Gasteiger charge is -2.11. The molecular formula is C32H32O4. The van der Waals surface area contributed by atoms with Crippen molar-refractivity contribution >= 4 is 11.1 Å². The lowest BCUT2D eigenvalue weighted by molar-refractivity contribution is 0.474. The Labute approximate surface area is 212 Å². The van der Waals surface area contributed by atoms with E-state index in [9.17, 15) is 20.4 Å². The molecule has 0 aliphatic rings. The second-order valence-corrected chi connectivity index (χ2v) is 8.94. The molecule has 4 rings (SSSR count). The topological polar surface area (TPSA) is 80.9 Å². The summed E-state index contributed by atoms with van der Waals surface area (Å²) < 4.78 is 0. The van der Waals surface area contributed by atoms with Crippen LogP contribution in [-0.2, 0) is 0 Å². The van der Waals surface area contributed by atoms with Gasteiger partial charge in [0.1, 0.15) is 23.0 Å². The maximum Gasteiger partial charge on any atom is 0.115 e. The number of benzene rings is 4. The summed E-state index contributed by atoms with van der Waals surface area (Å²) >= 11 is 0. The van der Waals surface area contributed by atoms with Crippen molar-refractivity contribution in [3.63, 3.8) is 0 Å². The third-order valence-electron chi connectivity index (χ3n) is 5.62. The van der Waals surface area contributed by atoms with Gasteiger partial charge in [-0.25, -0.2) is 0 Å². The van der Waals surface area contributed by atoms with Crippen molar-refractivity contribution in [3.05, 3.63) is 130 Å².